The van der Waals surface area contributed by atoms with Gasteiger partial charge in [0.25, 0.3) is 0 Å². The molecule has 1 atom stereocenters. The van der Waals surface area contributed by atoms with Gasteiger partial charge in [-0.15, -0.1) is 0 Å². The molecular formula is C11H23NS2. The van der Waals surface area contributed by atoms with Crippen LogP contribution in [0.2, 0.25) is 0 Å². The van der Waals surface area contributed by atoms with Gasteiger partial charge in [0.15, 0.2) is 0 Å². The lowest BCUT2D eigenvalue weighted by Gasteiger charge is -2.23. The Morgan fingerprint density at radius 2 is 2.21 bits per heavy atom. The molecule has 1 aliphatic heterocycles. The molecule has 1 aliphatic rings. The van der Waals surface area contributed by atoms with E-state index in [4.69, 9.17) is 0 Å². The standard InChI is InChI=1S/C11H23NS2/c1-11(2,3)14-8-6-12-10-5-4-7-13-9-10/h10,12H,4-9H2,1-3H3/t10-/m0/s1. The van der Waals surface area contributed by atoms with Gasteiger partial charge in [-0.1, -0.05) is 20.8 Å². The molecule has 1 N–H and O–H groups in total. The third kappa shape index (κ3) is 6.20. The summed E-state index contributed by atoms with van der Waals surface area (Å²) in [5.74, 6) is 3.93. The summed E-state index contributed by atoms with van der Waals surface area (Å²) in [6, 6.07) is 0.786. The van der Waals surface area contributed by atoms with Crippen molar-refractivity contribution in [2.75, 3.05) is 23.8 Å². The van der Waals surface area contributed by atoms with Crippen molar-refractivity contribution >= 4 is 23.5 Å². The molecule has 0 radical (unpaired) electrons. The summed E-state index contributed by atoms with van der Waals surface area (Å²) in [5.41, 5.74) is 0. The van der Waals surface area contributed by atoms with E-state index in [1.807, 2.05) is 0 Å². The minimum Gasteiger partial charge on any atom is -0.312 e. The molecule has 84 valence electrons. The van der Waals surface area contributed by atoms with Crippen molar-refractivity contribution in [1.29, 1.82) is 0 Å². The van der Waals surface area contributed by atoms with Crippen LogP contribution >= 0.6 is 23.5 Å². The quantitative estimate of drug-likeness (QED) is 0.750. The molecule has 3 heteroatoms. The van der Waals surface area contributed by atoms with Gasteiger partial charge in [-0.25, -0.2) is 0 Å². The van der Waals surface area contributed by atoms with Crippen molar-refractivity contribution in [3.8, 4) is 0 Å². The number of hydrogen-bond donors (Lipinski definition) is 1. The zero-order valence-corrected chi connectivity index (χ0v) is 11.3. The van der Waals surface area contributed by atoms with E-state index in [1.54, 1.807) is 0 Å². The summed E-state index contributed by atoms with van der Waals surface area (Å²) in [6.07, 6.45) is 2.78. The molecule has 0 saturated carbocycles. The van der Waals surface area contributed by atoms with E-state index in [1.165, 1.54) is 36.6 Å². The van der Waals surface area contributed by atoms with E-state index in [0.29, 0.717) is 4.75 Å². The van der Waals surface area contributed by atoms with Crippen LogP contribution in [0.4, 0.5) is 0 Å². The highest BCUT2D eigenvalue weighted by atomic mass is 32.2. The maximum absolute atomic E-state index is 3.65. The van der Waals surface area contributed by atoms with Crippen LogP contribution < -0.4 is 5.32 Å². The molecule has 0 aromatic carbocycles. The average Bonchev–Trinajstić information content (AvgIpc) is 2.13. The second kappa shape index (κ2) is 6.29. The van der Waals surface area contributed by atoms with Gasteiger partial charge in [-0.05, 0) is 18.6 Å². The molecule has 1 fully saturated rings. The van der Waals surface area contributed by atoms with E-state index in [-0.39, 0.29) is 0 Å². The zero-order chi connectivity index (χ0) is 10.4. The largest absolute Gasteiger partial charge is 0.312 e. The van der Waals surface area contributed by atoms with Gasteiger partial charge in [0, 0.05) is 28.8 Å². The van der Waals surface area contributed by atoms with Crippen molar-refractivity contribution in [1.82, 2.24) is 5.32 Å². The first-order valence-electron chi connectivity index (χ1n) is 5.53. The van der Waals surface area contributed by atoms with Crippen LogP contribution in [0.3, 0.4) is 0 Å². The maximum Gasteiger partial charge on any atom is 0.0158 e. The van der Waals surface area contributed by atoms with Gasteiger partial charge < -0.3 is 5.32 Å². The molecule has 14 heavy (non-hydrogen) atoms. The fourth-order valence-corrected chi connectivity index (χ4v) is 3.46. The first-order valence-corrected chi connectivity index (χ1v) is 7.67. The molecule has 0 amide bonds. The third-order valence-electron chi connectivity index (χ3n) is 2.23. The Balaban J connectivity index is 1.97. The predicted molar refractivity (Wildman–Crippen MR) is 70.6 cm³/mol. The summed E-state index contributed by atoms with van der Waals surface area (Å²) >= 11 is 4.15. The molecule has 1 nitrogen and oxygen atoms in total. The molecule has 1 saturated heterocycles. The molecule has 0 aromatic rings. The summed E-state index contributed by atoms with van der Waals surface area (Å²) in [4.78, 5) is 0. The Kier molecular flexibility index (Phi) is 5.72. The topological polar surface area (TPSA) is 12.0 Å². The normalized spacial score (nSPS) is 23.8. The van der Waals surface area contributed by atoms with Crippen molar-refractivity contribution in [2.24, 2.45) is 0 Å². The summed E-state index contributed by atoms with van der Waals surface area (Å²) in [5, 5.41) is 3.65. The van der Waals surface area contributed by atoms with Crippen LogP contribution in [-0.4, -0.2) is 34.6 Å². The number of thioether (sulfide) groups is 2. The van der Waals surface area contributed by atoms with E-state index in [9.17, 15) is 0 Å². The third-order valence-corrected chi connectivity index (χ3v) is 4.72. The lowest BCUT2D eigenvalue weighted by atomic mass is 10.2. The van der Waals surface area contributed by atoms with Crippen molar-refractivity contribution in [3.63, 3.8) is 0 Å². The molecule has 0 unspecified atom stereocenters. The van der Waals surface area contributed by atoms with Crippen LogP contribution in [0.15, 0.2) is 0 Å². The van der Waals surface area contributed by atoms with Gasteiger partial charge in [0.1, 0.15) is 0 Å². The molecule has 0 spiro atoms. The summed E-state index contributed by atoms with van der Waals surface area (Å²) in [6.45, 7) is 8.03. The predicted octanol–water partition coefficient (Wildman–Crippen LogP) is 3.00. The zero-order valence-electron chi connectivity index (χ0n) is 9.64. The van der Waals surface area contributed by atoms with Crippen LogP contribution in [0.25, 0.3) is 0 Å². The smallest absolute Gasteiger partial charge is 0.0158 e. The van der Waals surface area contributed by atoms with Gasteiger partial charge in [-0.3, -0.25) is 0 Å². The highest BCUT2D eigenvalue weighted by molar-refractivity contribution is 8.00. The van der Waals surface area contributed by atoms with E-state index >= 15 is 0 Å². The van der Waals surface area contributed by atoms with Gasteiger partial charge in [-0.2, -0.15) is 23.5 Å². The number of nitrogens with one attached hydrogen (secondary N) is 1. The second-order valence-electron chi connectivity index (χ2n) is 4.83. The molecule has 0 aromatic heterocycles. The van der Waals surface area contributed by atoms with Crippen molar-refractivity contribution in [3.05, 3.63) is 0 Å². The SMILES string of the molecule is CC(C)(C)SCCN[C@H]1CCCSC1. The summed E-state index contributed by atoms with van der Waals surface area (Å²) in [7, 11) is 0. The molecule has 0 bridgehead atoms. The van der Waals surface area contributed by atoms with Gasteiger partial charge >= 0.3 is 0 Å². The van der Waals surface area contributed by atoms with Crippen LogP contribution in [0, 0.1) is 0 Å². The van der Waals surface area contributed by atoms with Crippen molar-refractivity contribution < 1.29 is 0 Å². The Morgan fingerprint density at radius 3 is 2.79 bits per heavy atom. The Bertz CT molecular complexity index is 148. The van der Waals surface area contributed by atoms with Crippen LogP contribution in [0.5, 0.6) is 0 Å². The van der Waals surface area contributed by atoms with Gasteiger partial charge in [0.05, 0.1) is 0 Å². The molecule has 1 rings (SSSR count). The minimum absolute atomic E-state index is 0.420. The first-order chi connectivity index (χ1) is 6.58. The highest BCUT2D eigenvalue weighted by Crippen LogP contribution is 2.22. The molecular weight excluding hydrogens is 210 g/mol. The lowest BCUT2D eigenvalue weighted by molar-refractivity contribution is 0.525. The Labute approximate surface area is 97.2 Å². The van der Waals surface area contributed by atoms with Crippen molar-refractivity contribution in [2.45, 2.75) is 44.4 Å². The first kappa shape index (κ1) is 12.7. The number of rotatable bonds is 4. The van der Waals surface area contributed by atoms with Crippen LogP contribution in [0.1, 0.15) is 33.6 Å². The monoisotopic (exact) mass is 233 g/mol. The van der Waals surface area contributed by atoms with Crippen LogP contribution in [-0.2, 0) is 0 Å². The summed E-state index contributed by atoms with van der Waals surface area (Å²) < 4.78 is 0.420. The fourth-order valence-electron chi connectivity index (χ4n) is 1.52. The Hall–Kier alpha value is 0.660. The Morgan fingerprint density at radius 1 is 1.43 bits per heavy atom. The molecule has 1 heterocycles. The minimum atomic E-state index is 0.420. The van der Waals surface area contributed by atoms with Gasteiger partial charge in [0.2, 0.25) is 0 Å². The molecule has 0 aliphatic carbocycles. The maximum atomic E-state index is 3.65. The average molecular weight is 233 g/mol. The second-order valence-corrected chi connectivity index (χ2v) is 7.90. The van der Waals surface area contributed by atoms with E-state index in [0.717, 1.165) is 6.04 Å². The fraction of sp³-hybridized carbons (Fsp3) is 1.00. The van der Waals surface area contributed by atoms with E-state index < -0.39 is 0 Å². The van der Waals surface area contributed by atoms with E-state index in [2.05, 4.69) is 49.6 Å². The number of hydrogen-bond acceptors (Lipinski definition) is 3. The lowest BCUT2D eigenvalue weighted by Crippen LogP contribution is -2.35. The highest BCUT2D eigenvalue weighted by Gasteiger charge is 2.13.